The first kappa shape index (κ1) is 17.2. The zero-order valence-corrected chi connectivity index (χ0v) is 15.0. The number of aryl methyl sites for hydroxylation is 2. The Morgan fingerprint density at radius 3 is 2.72 bits per heavy atom. The van der Waals surface area contributed by atoms with Crippen molar-refractivity contribution in [2.45, 2.75) is 12.7 Å². The molecule has 1 amide bonds. The van der Waals surface area contributed by atoms with Crippen LogP contribution in [0.4, 0.5) is 5.69 Å². The Kier molecular flexibility index (Phi) is 5.45. The van der Waals surface area contributed by atoms with Crippen LogP contribution in [0.15, 0.2) is 48.5 Å². The van der Waals surface area contributed by atoms with E-state index in [1.54, 1.807) is 23.5 Å². The second kappa shape index (κ2) is 7.94. The summed E-state index contributed by atoms with van der Waals surface area (Å²) < 4.78 is 1.60. The predicted molar refractivity (Wildman–Crippen MR) is 100 cm³/mol. The summed E-state index contributed by atoms with van der Waals surface area (Å²) in [5, 5.41) is 14.4. The van der Waals surface area contributed by atoms with Crippen molar-refractivity contribution in [3.05, 3.63) is 59.7 Å². The highest BCUT2D eigenvalue weighted by Gasteiger charge is 2.08. The number of nitrogens with zero attached hydrogens (tertiary/aromatic N) is 4. The Bertz CT molecular complexity index is 860. The van der Waals surface area contributed by atoms with Gasteiger partial charge in [0.15, 0.2) is 5.82 Å². The van der Waals surface area contributed by atoms with Crippen LogP contribution >= 0.6 is 11.8 Å². The number of anilines is 1. The maximum absolute atomic E-state index is 12.1. The van der Waals surface area contributed by atoms with Gasteiger partial charge in [0.05, 0.1) is 5.75 Å². The van der Waals surface area contributed by atoms with Gasteiger partial charge in [-0.2, -0.15) is 0 Å². The topological polar surface area (TPSA) is 72.7 Å². The third-order valence-corrected chi connectivity index (χ3v) is 4.65. The highest BCUT2D eigenvalue weighted by atomic mass is 32.2. The SMILES string of the molecule is Cc1ccc(CSCC(=O)Nc2cccc(-c3nnnn3C)c2)cc1. The number of thioether (sulfide) groups is 1. The van der Waals surface area contributed by atoms with Crippen LogP contribution in [0.1, 0.15) is 11.1 Å². The van der Waals surface area contributed by atoms with Crippen molar-refractivity contribution < 1.29 is 4.79 Å². The summed E-state index contributed by atoms with van der Waals surface area (Å²) in [6, 6.07) is 15.9. The monoisotopic (exact) mass is 353 g/mol. The number of carbonyl (C=O) groups is 1. The number of benzene rings is 2. The molecule has 7 heteroatoms. The van der Waals surface area contributed by atoms with Gasteiger partial charge in [0.1, 0.15) is 0 Å². The molecule has 0 saturated carbocycles. The van der Waals surface area contributed by atoms with Gasteiger partial charge in [0, 0.05) is 24.1 Å². The van der Waals surface area contributed by atoms with Crippen molar-refractivity contribution in [3.63, 3.8) is 0 Å². The quantitative estimate of drug-likeness (QED) is 0.737. The van der Waals surface area contributed by atoms with Crippen LogP contribution in [0.25, 0.3) is 11.4 Å². The summed E-state index contributed by atoms with van der Waals surface area (Å²) in [4.78, 5) is 12.1. The van der Waals surface area contributed by atoms with E-state index in [2.05, 4.69) is 52.0 Å². The zero-order valence-electron chi connectivity index (χ0n) is 14.1. The molecule has 0 fully saturated rings. The lowest BCUT2D eigenvalue weighted by Gasteiger charge is -2.07. The molecular formula is C18H19N5OS. The van der Waals surface area contributed by atoms with Gasteiger partial charge in [-0.05, 0) is 35.0 Å². The Labute approximate surface area is 150 Å². The number of rotatable bonds is 6. The minimum atomic E-state index is -0.0228. The van der Waals surface area contributed by atoms with Crippen molar-refractivity contribution in [2.75, 3.05) is 11.1 Å². The molecule has 0 radical (unpaired) electrons. The molecule has 6 nitrogen and oxygen atoms in total. The number of hydrogen-bond acceptors (Lipinski definition) is 5. The van der Waals surface area contributed by atoms with Gasteiger partial charge in [-0.3, -0.25) is 4.79 Å². The minimum Gasteiger partial charge on any atom is -0.325 e. The maximum Gasteiger partial charge on any atom is 0.234 e. The van der Waals surface area contributed by atoms with Crippen LogP contribution < -0.4 is 5.32 Å². The van der Waals surface area contributed by atoms with E-state index in [1.807, 2.05) is 24.3 Å². The predicted octanol–water partition coefficient (Wildman–Crippen LogP) is 3.06. The van der Waals surface area contributed by atoms with Gasteiger partial charge >= 0.3 is 0 Å². The van der Waals surface area contributed by atoms with E-state index in [0.29, 0.717) is 11.6 Å². The lowest BCUT2D eigenvalue weighted by Crippen LogP contribution is -2.14. The molecule has 0 aliphatic rings. The van der Waals surface area contributed by atoms with E-state index in [0.717, 1.165) is 17.0 Å². The van der Waals surface area contributed by atoms with Crippen LogP contribution in [0.5, 0.6) is 0 Å². The first-order valence-electron chi connectivity index (χ1n) is 7.88. The summed E-state index contributed by atoms with van der Waals surface area (Å²) in [6.07, 6.45) is 0. The Morgan fingerprint density at radius 1 is 1.20 bits per heavy atom. The van der Waals surface area contributed by atoms with Gasteiger partial charge in [-0.15, -0.1) is 16.9 Å². The molecule has 1 N–H and O–H groups in total. The molecule has 0 aliphatic heterocycles. The van der Waals surface area contributed by atoms with Gasteiger partial charge in [0.2, 0.25) is 5.91 Å². The zero-order chi connectivity index (χ0) is 17.6. The van der Waals surface area contributed by atoms with Crippen molar-refractivity contribution in [3.8, 4) is 11.4 Å². The number of tetrazole rings is 1. The van der Waals surface area contributed by atoms with Gasteiger partial charge in [-0.25, -0.2) is 4.68 Å². The average Bonchev–Trinajstić information content (AvgIpc) is 3.03. The highest BCUT2D eigenvalue weighted by molar-refractivity contribution is 7.99. The van der Waals surface area contributed by atoms with Crippen molar-refractivity contribution in [1.29, 1.82) is 0 Å². The molecular weight excluding hydrogens is 334 g/mol. The molecule has 3 rings (SSSR count). The number of aromatic nitrogens is 4. The fraction of sp³-hybridized carbons (Fsp3) is 0.222. The molecule has 1 heterocycles. The second-order valence-corrected chi connectivity index (χ2v) is 6.72. The Hall–Kier alpha value is -2.67. The molecule has 0 saturated heterocycles. The van der Waals surface area contributed by atoms with Crippen LogP contribution in [0, 0.1) is 6.92 Å². The lowest BCUT2D eigenvalue weighted by atomic mass is 10.2. The van der Waals surface area contributed by atoms with E-state index >= 15 is 0 Å². The largest absolute Gasteiger partial charge is 0.325 e. The molecule has 0 unspecified atom stereocenters. The van der Waals surface area contributed by atoms with Crippen molar-refractivity contribution in [1.82, 2.24) is 20.2 Å². The van der Waals surface area contributed by atoms with Crippen LogP contribution in [0.2, 0.25) is 0 Å². The lowest BCUT2D eigenvalue weighted by molar-refractivity contribution is -0.113. The van der Waals surface area contributed by atoms with E-state index in [1.165, 1.54) is 11.1 Å². The van der Waals surface area contributed by atoms with Crippen LogP contribution in [-0.2, 0) is 17.6 Å². The molecule has 128 valence electrons. The van der Waals surface area contributed by atoms with E-state index < -0.39 is 0 Å². The summed E-state index contributed by atoms with van der Waals surface area (Å²) in [7, 11) is 1.78. The van der Waals surface area contributed by atoms with E-state index in [-0.39, 0.29) is 5.91 Å². The number of nitrogens with one attached hydrogen (secondary N) is 1. The fourth-order valence-corrected chi connectivity index (χ4v) is 3.14. The van der Waals surface area contributed by atoms with E-state index in [9.17, 15) is 4.79 Å². The number of amides is 1. The molecule has 0 aliphatic carbocycles. The van der Waals surface area contributed by atoms with Gasteiger partial charge in [-0.1, -0.05) is 42.0 Å². The smallest absolute Gasteiger partial charge is 0.234 e. The first-order valence-corrected chi connectivity index (χ1v) is 9.03. The van der Waals surface area contributed by atoms with Gasteiger partial charge in [0.25, 0.3) is 0 Å². The average molecular weight is 353 g/mol. The molecule has 0 atom stereocenters. The second-order valence-electron chi connectivity index (χ2n) is 5.73. The maximum atomic E-state index is 12.1. The molecule has 0 bridgehead atoms. The molecule has 0 spiro atoms. The first-order chi connectivity index (χ1) is 12.1. The van der Waals surface area contributed by atoms with Gasteiger partial charge < -0.3 is 5.32 Å². The Balaban J connectivity index is 1.54. The van der Waals surface area contributed by atoms with Crippen LogP contribution in [-0.4, -0.2) is 31.9 Å². The Morgan fingerprint density at radius 2 is 2.00 bits per heavy atom. The molecule has 1 aromatic heterocycles. The molecule has 25 heavy (non-hydrogen) atoms. The molecule has 3 aromatic rings. The number of hydrogen-bond donors (Lipinski definition) is 1. The minimum absolute atomic E-state index is 0.0228. The normalized spacial score (nSPS) is 10.6. The van der Waals surface area contributed by atoms with E-state index in [4.69, 9.17) is 0 Å². The third kappa shape index (κ3) is 4.67. The summed E-state index contributed by atoms with van der Waals surface area (Å²) in [5.74, 6) is 1.86. The van der Waals surface area contributed by atoms with Crippen LogP contribution in [0.3, 0.4) is 0 Å². The van der Waals surface area contributed by atoms with Crippen molar-refractivity contribution >= 4 is 23.4 Å². The number of carbonyl (C=O) groups excluding carboxylic acids is 1. The summed E-state index contributed by atoms with van der Waals surface area (Å²) in [5.41, 5.74) is 4.06. The summed E-state index contributed by atoms with van der Waals surface area (Å²) in [6.45, 7) is 2.07. The fourth-order valence-electron chi connectivity index (χ4n) is 2.35. The van der Waals surface area contributed by atoms with Crippen molar-refractivity contribution in [2.24, 2.45) is 7.05 Å². The standard InChI is InChI=1S/C18H19N5OS/c1-13-6-8-14(9-7-13)11-25-12-17(24)19-16-5-3-4-15(10-16)18-20-21-22-23(18)2/h3-10H,11-12H2,1-2H3,(H,19,24). The molecule has 2 aromatic carbocycles. The summed E-state index contributed by atoms with van der Waals surface area (Å²) >= 11 is 1.60. The highest BCUT2D eigenvalue weighted by Crippen LogP contribution is 2.20. The third-order valence-electron chi connectivity index (χ3n) is 3.65.